The van der Waals surface area contributed by atoms with E-state index in [4.69, 9.17) is 41.0 Å². The number of nitrogens with zero attached hydrogens (tertiary/aromatic N) is 15. The molecule has 7 aromatic heterocycles. The molecule has 0 amide bonds. The fourth-order valence-corrected chi connectivity index (χ4v) is 14.4. The Balaban J connectivity index is 0.00000148. The Morgan fingerprint density at radius 2 is 0.785 bits per heavy atom. The Morgan fingerprint density at radius 3 is 1.26 bits per heavy atom. The van der Waals surface area contributed by atoms with Crippen molar-refractivity contribution < 1.29 is 58.7 Å². The standard InChI is InChI=1S/C15H20N2O2.C15H20N2O.C15H20N2.C14H15N3.2C14H18N2.C13H12N2O3S.7CH4.Na/c1-4-17(5-2)15-10-12(11-19-18-3)13-8-6-7-9-14(13)16-15;1-5-17(6-2)15-9-11(3)13-8-7-12(18-4)10-14(13)16-15;1-5-17(6-2)15-10-12(4)13-8-7-11(3)9-14(13)16-15;1-4-17(5-2)14-10-13(15-3)11-8-6-7-9-12(11)16-14;1-4-16(5-2)13-6-7-14-12(9-13)8-11(3)10-15-14;1-4-16(5-2)14-10-11(3)12-8-6-7-9-13(12)15-14;1-2-15(9-10-19-18-17-16)13-8-7-11-5-3-4-6-12(11)14-13;;;;;;;;/h6-10H,4-5,11H2,1-3H3;7-10H,5-6H2,1-4H3;7-10H,5-6H2,1-4H3;6-10H,4-5H2,1-2H3;2*6-10H,4-5H2,1-3H3;3-8,16H,2H2,1H3;7*1H4;/q;;;;;;;;;;;;;;+1/p-1. The van der Waals surface area contributed by atoms with E-state index in [-0.39, 0.29) is 81.5 Å². The molecule has 0 saturated heterocycles. The van der Waals surface area contributed by atoms with Gasteiger partial charge in [-0.1, -0.05) is 137 Å². The number of para-hydroxylation sites is 4. The van der Waals surface area contributed by atoms with E-state index < -0.39 is 0 Å². The molecule has 0 aliphatic heterocycles. The van der Waals surface area contributed by atoms with Crippen molar-refractivity contribution in [2.24, 2.45) is 0 Å². The second-order valence-electron chi connectivity index (χ2n) is 28.5. The van der Waals surface area contributed by atoms with Gasteiger partial charge in [0.05, 0.1) is 59.4 Å². The SMILES string of the molecule is C.C.C.C.C.C.C.CCN(C#CSOO[O-])c1ccc2ccccc2n1.CCN(CC)c1cc(C)c2ccc(C)cc2n1.CCN(CC)c1cc(C)c2ccc(OC)cc2n1.CCN(CC)c1cc(C)c2ccccc2n1.CCN(CC)c1cc(COOC)c2ccccc2n1.CCN(CC)c1ccc2ncc(C)cc2c1.[C-]#[N+]c1cc(N(CC)CC)nc2ccccc12.[Na+]. The maximum atomic E-state index is 9.62. The third kappa shape index (κ3) is 33.1. The number of anilines is 7. The Kier molecular flexibility index (Phi) is 57.1. The fraction of sp³-hybridized carbons (Fsp3) is 0.383. The van der Waals surface area contributed by atoms with Gasteiger partial charge in [-0.3, -0.25) is 14.9 Å². The second kappa shape index (κ2) is 62.3. The maximum Gasteiger partial charge on any atom is 1.00 e. The molecule has 0 atom stereocenters. The Morgan fingerprint density at radius 1 is 0.369 bits per heavy atom. The summed E-state index contributed by atoms with van der Waals surface area (Å²) in [6.45, 7) is 58.4. The first-order chi connectivity index (χ1) is 59.3. The van der Waals surface area contributed by atoms with Gasteiger partial charge < -0.3 is 39.4 Å². The molecule has 0 spiro atoms. The van der Waals surface area contributed by atoms with E-state index in [1.54, 1.807) is 12.0 Å². The van der Waals surface area contributed by atoms with Crippen LogP contribution in [0.15, 0.2) is 206 Å². The summed E-state index contributed by atoms with van der Waals surface area (Å²) in [6.07, 6.45) is 1.92. The summed E-state index contributed by atoms with van der Waals surface area (Å²) >= 11 is 0.630. The Bertz CT molecular complexity index is 5750. The first kappa shape index (κ1) is 119. The molecule has 0 aliphatic carbocycles. The van der Waals surface area contributed by atoms with Gasteiger partial charge in [0.1, 0.15) is 59.3 Å². The molecule has 0 N–H and O–H groups in total. The smallest absolute Gasteiger partial charge is 0.691 e. The fourth-order valence-electron chi connectivity index (χ4n) is 14.2. The minimum atomic E-state index is 0. The van der Waals surface area contributed by atoms with E-state index in [0.717, 1.165) is 180 Å². The van der Waals surface area contributed by atoms with Gasteiger partial charge in [-0.05, 0) is 267 Å². The van der Waals surface area contributed by atoms with Gasteiger partial charge in [0.15, 0.2) is 5.69 Å². The normalized spacial score (nSPS) is 9.91. The van der Waals surface area contributed by atoms with Crippen molar-refractivity contribution in [3.8, 4) is 17.0 Å². The van der Waals surface area contributed by atoms with Crippen molar-refractivity contribution >= 4 is 135 Å². The molecule has 0 radical (unpaired) electrons. The van der Waals surface area contributed by atoms with Gasteiger partial charge in [0, 0.05) is 152 Å². The van der Waals surface area contributed by atoms with E-state index >= 15 is 0 Å². The van der Waals surface area contributed by atoms with Crippen LogP contribution in [0, 0.1) is 52.5 Å². The summed E-state index contributed by atoms with van der Waals surface area (Å²) in [5.41, 5.74) is 16.4. The van der Waals surface area contributed by atoms with Crippen LogP contribution in [-0.4, -0.2) is 134 Å². The number of ether oxygens (including phenoxy) is 1. The molecule has 0 aliphatic rings. The number of pyridine rings is 7. The summed E-state index contributed by atoms with van der Waals surface area (Å²) in [7, 11) is 3.21. The van der Waals surface area contributed by atoms with E-state index in [0.29, 0.717) is 30.9 Å². The van der Waals surface area contributed by atoms with Gasteiger partial charge in [-0.15, -0.1) is 0 Å². The second-order valence-corrected chi connectivity index (χ2v) is 29.0. The number of aromatic nitrogens is 7. The van der Waals surface area contributed by atoms with Gasteiger partial charge in [-0.2, -0.15) is 4.33 Å². The molecule has 23 heteroatoms. The van der Waals surface area contributed by atoms with E-state index in [2.05, 4.69) is 285 Å². The number of methoxy groups -OCH3 is 1. The van der Waals surface area contributed by atoms with Crippen molar-refractivity contribution in [2.45, 2.75) is 183 Å². The topological polar surface area (TPSA) is 186 Å². The number of rotatable bonds is 26. The number of aryl methyl sites for hydroxylation is 5. The molecular formula is C107H150N15NaO6S. The summed E-state index contributed by atoms with van der Waals surface area (Å²) < 4.78 is 9.34. The predicted molar refractivity (Wildman–Crippen MR) is 560 cm³/mol. The van der Waals surface area contributed by atoms with Gasteiger partial charge in [0.2, 0.25) is 0 Å². The summed E-state index contributed by atoms with van der Waals surface area (Å²) in [6, 6.07) is 70.4. The van der Waals surface area contributed by atoms with Crippen LogP contribution < -0.4 is 73.9 Å². The van der Waals surface area contributed by atoms with Crippen LogP contribution in [0.4, 0.5) is 46.3 Å². The van der Waals surface area contributed by atoms with E-state index in [1.807, 2.05) is 116 Å². The molecule has 130 heavy (non-hydrogen) atoms. The third-order valence-electron chi connectivity index (χ3n) is 21.0. The first-order valence-electron chi connectivity index (χ1n) is 42.4. The molecule has 0 saturated carbocycles. The van der Waals surface area contributed by atoms with Crippen molar-refractivity contribution in [1.29, 1.82) is 0 Å². The number of benzene rings is 7. The maximum absolute atomic E-state index is 9.62. The predicted octanol–water partition coefficient (Wildman–Crippen LogP) is 24.0. The largest absolute Gasteiger partial charge is 1.00 e. The van der Waals surface area contributed by atoms with Crippen LogP contribution in [0.2, 0.25) is 0 Å². The zero-order valence-corrected chi connectivity index (χ0v) is 78.9. The number of hydrogen-bond acceptors (Lipinski definition) is 21. The molecular weight excluding hydrogens is 1650 g/mol. The minimum Gasteiger partial charge on any atom is -0.691 e. The van der Waals surface area contributed by atoms with E-state index in [1.165, 1.54) is 62.2 Å². The van der Waals surface area contributed by atoms with Crippen LogP contribution in [0.3, 0.4) is 0 Å². The molecule has 14 rings (SSSR count). The van der Waals surface area contributed by atoms with Crippen molar-refractivity contribution in [3.63, 3.8) is 0 Å². The summed E-state index contributed by atoms with van der Waals surface area (Å²) in [4.78, 5) is 61.2. The molecule has 7 aromatic carbocycles. The van der Waals surface area contributed by atoms with E-state index in [9.17, 15) is 5.26 Å². The molecule has 14 aromatic rings. The average molecular weight is 1800 g/mol. The monoisotopic (exact) mass is 1800 g/mol. The Labute approximate surface area is 807 Å². The molecule has 21 nitrogen and oxygen atoms in total. The first-order valence-corrected chi connectivity index (χ1v) is 43.2. The molecule has 0 bridgehead atoms. The molecule has 7 heterocycles. The molecule has 696 valence electrons. The van der Waals surface area contributed by atoms with Gasteiger partial charge >= 0.3 is 29.6 Å². The van der Waals surface area contributed by atoms with Gasteiger partial charge in [0.25, 0.3) is 0 Å². The zero-order valence-electron chi connectivity index (χ0n) is 76.1. The van der Waals surface area contributed by atoms with Crippen LogP contribution in [-0.2, 0) is 25.8 Å². The van der Waals surface area contributed by atoms with Crippen LogP contribution >= 0.6 is 12.0 Å². The Hall–Kier alpha value is -11.0. The van der Waals surface area contributed by atoms with Crippen molar-refractivity contribution in [1.82, 2.24) is 34.9 Å². The minimum absolute atomic E-state index is 0. The number of hydrogen-bond donors (Lipinski definition) is 0. The quantitative estimate of drug-likeness (QED) is 0.00727. The zero-order chi connectivity index (χ0) is 88.0. The number of fused-ring (bicyclic) bond motifs is 7. The van der Waals surface area contributed by atoms with Crippen molar-refractivity contribution in [2.75, 3.05) is 134 Å². The average Bonchev–Trinajstić information content (AvgIpc) is 0.804. The van der Waals surface area contributed by atoms with Crippen LogP contribution in [0.1, 0.15) is 175 Å². The molecule has 0 fully saturated rings. The summed E-state index contributed by atoms with van der Waals surface area (Å²) in [5.74, 6) is 6.69. The van der Waals surface area contributed by atoms with Gasteiger partial charge in [-0.25, -0.2) is 44.5 Å². The molecule has 0 unspecified atom stereocenters. The summed E-state index contributed by atoms with van der Waals surface area (Å²) in [5, 5.41) is 23.4. The van der Waals surface area contributed by atoms with Crippen LogP contribution in [0.25, 0.3) is 81.2 Å². The van der Waals surface area contributed by atoms with Crippen molar-refractivity contribution in [3.05, 3.63) is 251 Å². The van der Waals surface area contributed by atoms with Crippen LogP contribution in [0.5, 0.6) is 5.75 Å². The third-order valence-corrected chi connectivity index (χ3v) is 21.3.